The molecule has 1 aromatic heterocycles. The highest BCUT2D eigenvalue weighted by Gasteiger charge is 2.62. The van der Waals surface area contributed by atoms with Crippen molar-refractivity contribution in [3.63, 3.8) is 0 Å². The van der Waals surface area contributed by atoms with Crippen LogP contribution < -0.4 is 10.6 Å². The van der Waals surface area contributed by atoms with Crippen LogP contribution in [0.5, 0.6) is 0 Å². The van der Waals surface area contributed by atoms with E-state index in [1.54, 1.807) is 43.9 Å². The van der Waals surface area contributed by atoms with Crippen molar-refractivity contribution in [1.29, 1.82) is 0 Å². The lowest BCUT2D eigenvalue weighted by Gasteiger charge is -2.29. The van der Waals surface area contributed by atoms with Gasteiger partial charge in [-0.3, -0.25) is 4.57 Å². The Morgan fingerprint density at radius 1 is 1.08 bits per heavy atom. The van der Waals surface area contributed by atoms with Gasteiger partial charge in [0.2, 0.25) is 0 Å². The standard InChI is InChI=1S/C27H24F5N3O2/c1-25(2,3)35-20-8-7-18(28)22(29)21(20)23(33-24(35)36)34-13-14-37-15-17-16(5-4-6-19(17)34)9-10-26(11-12-26)27(30,31)32/h4-8H,11-15H2,1-3H3. The third kappa shape index (κ3) is 4.25. The number of hydrogen-bond donors (Lipinski definition) is 0. The molecule has 0 saturated heterocycles. The van der Waals surface area contributed by atoms with Gasteiger partial charge >= 0.3 is 11.9 Å². The van der Waals surface area contributed by atoms with E-state index >= 15 is 4.39 Å². The topological polar surface area (TPSA) is 47.4 Å². The zero-order valence-corrected chi connectivity index (χ0v) is 20.5. The molecule has 0 radical (unpaired) electrons. The monoisotopic (exact) mass is 517 g/mol. The Bertz CT molecular complexity index is 1520. The summed E-state index contributed by atoms with van der Waals surface area (Å²) in [6, 6.07) is 7.18. The highest BCUT2D eigenvalue weighted by Crippen LogP contribution is 2.57. The van der Waals surface area contributed by atoms with Crippen LogP contribution in [0.2, 0.25) is 0 Å². The molecule has 2 heterocycles. The molecule has 0 spiro atoms. The van der Waals surface area contributed by atoms with E-state index in [1.165, 1.54) is 10.6 Å². The number of hydrogen-bond acceptors (Lipinski definition) is 4. The van der Waals surface area contributed by atoms with Crippen molar-refractivity contribution < 1.29 is 26.7 Å². The molecule has 194 valence electrons. The molecule has 0 amide bonds. The molecule has 5 rings (SSSR count). The van der Waals surface area contributed by atoms with Gasteiger partial charge in [0.1, 0.15) is 5.41 Å². The SMILES string of the molecule is CC(C)(C)n1c(=O)nc(N2CCOCc3c(C#CC4(C(F)(F)F)CC4)cccc32)c2c(F)c(F)ccc21. The van der Waals surface area contributed by atoms with Gasteiger partial charge in [0.15, 0.2) is 17.5 Å². The molecular weight excluding hydrogens is 493 g/mol. The van der Waals surface area contributed by atoms with Crippen LogP contribution in [0.15, 0.2) is 35.1 Å². The van der Waals surface area contributed by atoms with Crippen LogP contribution in [-0.4, -0.2) is 28.9 Å². The fourth-order valence-corrected chi connectivity index (χ4v) is 4.64. The smallest absolute Gasteiger partial charge is 0.375 e. The summed E-state index contributed by atoms with van der Waals surface area (Å²) in [6.45, 7) is 5.60. The molecule has 1 aliphatic carbocycles. The Kier molecular flexibility index (Phi) is 5.83. The van der Waals surface area contributed by atoms with Crippen LogP contribution in [0.4, 0.5) is 33.5 Å². The summed E-state index contributed by atoms with van der Waals surface area (Å²) in [4.78, 5) is 18.9. The average molecular weight is 517 g/mol. The highest BCUT2D eigenvalue weighted by molar-refractivity contribution is 5.93. The molecule has 0 bridgehead atoms. The highest BCUT2D eigenvalue weighted by atomic mass is 19.4. The van der Waals surface area contributed by atoms with E-state index in [2.05, 4.69) is 16.8 Å². The lowest BCUT2D eigenvalue weighted by molar-refractivity contribution is -0.168. The fourth-order valence-electron chi connectivity index (χ4n) is 4.64. The Morgan fingerprint density at radius 3 is 2.46 bits per heavy atom. The summed E-state index contributed by atoms with van der Waals surface area (Å²) >= 11 is 0. The molecule has 0 unspecified atom stereocenters. The van der Waals surface area contributed by atoms with Gasteiger partial charge in [-0.05, 0) is 57.9 Å². The van der Waals surface area contributed by atoms with Crippen molar-refractivity contribution in [2.75, 3.05) is 18.1 Å². The van der Waals surface area contributed by atoms with E-state index in [1.807, 2.05) is 0 Å². The first-order chi connectivity index (χ1) is 17.3. The van der Waals surface area contributed by atoms with E-state index in [0.29, 0.717) is 16.8 Å². The Balaban J connectivity index is 1.72. The van der Waals surface area contributed by atoms with Gasteiger partial charge in [0.05, 0.1) is 24.1 Å². The fraction of sp³-hybridized carbons (Fsp3) is 0.407. The molecule has 0 atom stereocenters. The van der Waals surface area contributed by atoms with Crippen molar-refractivity contribution in [2.45, 2.75) is 51.9 Å². The van der Waals surface area contributed by atoms with Crippen molar-refractivity contribution in [2.24, 2.45) is 5.41 Å². The summed E-state index contributed by atoms with van der Waals surface area (Å²) in [5.41, 5.74) is -1.99. The lowest BCUT2D eigenvalue weighted by atomic mass is 10.0. The predicted molar refractivity (Wildman–Crippen MR) is 129 cm³/mol. The first-order valence-electron chi connectivity index (χ1n) is 11.8. The maximum atomic E-state index is 15.3. The third-order valence-corrected chi connectivity index (χ3v) is 6.73. The molecule has 37 heavy (non-hydrogen) atoms. The second-order valence-corrected chi connectivity index (χ2v) is 10.3. The van der Waals surface area contributed by atoms with Crippen molar-refractivity contribution in [3.8, 4) is 11.8 Å². The zero-order chi connectivity index (χ0) is 26.8. The van der Waals surface area contributed by atoms with Crippen LogP contribution in [0, 0.1) is 28.9 Å². The Hall–Kier alpha value is -3.45. The average Bonchev–Trinajstić information content (AvgIpc) is 3.62. The number of alkyl halides is 3. The molecule has 10 heteroatoms. The molecule has 1 aliphatic heterocycles. The molecule has 1 fully saturated rings. The second-order valence-electron chi connectivity index (χ2n) is 10.3. The van der Waals surface area contributed by atoms with Crippen LogP contribution in [0.25, 0.3) is 10.9 Å². The van der Waals surface area contributed by atoms with Gasteiger partial charge in [-0.1, -0.05) is 17.9 Å². The van der Waals surface area contributed by atoms with Crippen LogP contribution in [0.3, 0.4) is 0 Å². The maximum Gasteiger partial charge on any atom is 0.405 e. The molecule has 2 aromatic carbocycles. The molecule has 5 nitrogen and oxygen atoms in total. The molecule has 1 saturated carbocycles. The van der Waals surface area contributed by atoms with Crippen molar-refractivity contribution in [1.82, 2.24) is 9.55 Å². The van der Waals surface area contributed by atoms with E-state index in [0.717, 1.165) is 6.07 Å². The predicted octanol–water partition coefficient (Wildman–Crippen LogP) is 5.79. The minimum absolute atomic E-state index is 0.0452. The number of anilines is 2. The number of halogens is 5. The molecule has 0 N–H and O–H groups in total. The summed E-state index contributed by atoms with van der Waals surface area (Å²) in [6.07, 6.45) is -4.52. The summed E-state index contributed by atoms with van der Waals surface area (Å²) < 4.78 is 77.0. The Morgan fingerprint density at radius 2 is 1.81 bits per heavy atom. The number of nitrogens with zero attached hydrogens (tertiary/aromatic N) is 3. The van der Waals surface area contributed by atoms with Crippen LogP contribution in [0.1, 0.15) is 44.7 Å². The maximum absolute atomic E-state index is 15.3. The third-order valence-electron chi connectivity index (χ3n) is 6.73. The van der Waals surface area contributed by atoms with Gasteiger partial charge in [0, 0.05) is 28.9 Å². The zero-order valence-electron chi connectivity index (χ0n) is 20.5. The Labute approximate surface area is 209 Å². The number of fused-ring (bicyclic) bond motifs is 2. The van der Waals surface area contributed by atoms with E-state index < -0.39 is 34.5 Å². The second kappa shape index (κ2) is 8.55. The number of benzene rings is 2. The van der Waals surface area contributed by atoms with Gasteiger partial charge in [-0.25, -0.2) is 13.6 Å². The number of aromatic nitrogens is 2. The normalized spacial score (nSPS) is 17.1. The lowest BCUT2D eigenvalue weighted by Crippen LogP contribution is -2.37. The molecule has 2 aliphatic rings. The number of rotatable bonds is 1. The number of ether oxygens (including phenoxy) is 1. The molecular formula is C27H24F5N3O2. The van der Waals surface area contributed by atoms with E-state index in [9.17, 15) is 22.4 Å². The minimum atomic E-state index is -4.42. The minimum Gasteiger partial charge on any atom is -0.375 e. The van der Waals surface area contributed by atoms with Crippen molar-refractivity contribution in [3.05, 3.63) is 63.6 Å². The van der Waals surface area contributed by atoms with E-state index in [-0.39, 0.29) is 49.3 Å². The summed E-state index contributed by atoms with van der Waals surface area (Å²) in [7, 11) is 0. The van der Waals surface area contributed by atoms with Gasteiger partial charge in [-0.15, -0.1) is 0 Å². The largest absolute Gasteiger partial charge is 0.405 e. The van der Waals surface area contributed by atoms with Crippen LogP contribution >= 0.6 is 0 Å². The molecule has 3 aromatic rings. The van der Waals surface area contributed by atoms with Crippen molar-refractivity contribution >= 4 is 22.4 Å². The quantitative estimate of drug-likeness (QED) is 0.303. The van der Waals surface area contributed by atoms with Gasteiger partial charge < -0.3 is 9.64 Å². The van der Waals surface area contributed by atoms with Gasteiger partial charge in [-0.2, -0.15) is 18.2 Å². The van der Waals surface area contributed by atoms with Crippen LogP contribution in [-0.2, 0) is 16.9 Å². The van der Waals surface area contributed by atoms with Gasteiger partial charge in [0.25, 0.3) is 0 Å². The summed E-state index contributed by atoms with van der Waals surface area (Å²) in [5, 5.41) is -0.173. The summed E-state index contributed by atoms with van der Waals surface area (Å²) in [5.74, 6) is 2.75. The van der Waals surface area contributed by atoms with E-state index in [4.69, 9.17) is 4.74 Å². The first-order valence-corrected chi connectivity index (χ1v) is 11.8. The first kappa shape index (κ1) is 25.2.